The lowest BCUT2D eigenvalue weighted by atomic mass is 9.99. The van der Waals surface area contributed by atoms with Gasteiger partial charge in [0.1, 0.15) is 11.4 Å². The average molecular weight is 184 g/mol. The van der Waals surface area contributed by atoms with Gasteiger partial charge >= 0.3 is 5.97 Å². The van der Waals surface area contributed by atoms with Crippen LogP contribution in [0.2, 0.25) is 0 Å². The van der Waals surface area contributed by atoms with E-state index in [0.717, 1.165) is 0 Å². The van der Waals surface area contributed by atoms with Crippen molar-refractivity contribution in [3.63, 3.8) is 0 Å². The highest BCUT2D eigenvalue weighted by molar-refractivity contribution is 6.40. The predicted octanol–water partition coefficient (Wildman–Crippen LogP) is 0.718. The molecule has 0 saturated heterocycles. The van der Waals surface area contributed by atoms with Gasteiger partial charge < -0.3 is 4.74 Å². The highest BCUT2D eigenvalue weighted by Gasteiger charge is 2.42. The zero-order chi connectivity index (χ0) is 10.3. The molecule has 0 fully saturated rings. The van der Waals surface area contributed by atoms with Gasteiger partial charge in [-0.2, -0.15) is 0 Å². The first-order chi connectivity index (χ1) is 5.78. The molecule has 0 unspecified atom stereocenters. The summed E-state index contributed by atoms with van der Waals surface area (Å²) in [5, 5.41) is 3.23. The van der Waals surface area contributed by atoms with Gasteiger partial charge in [-0.1, -0.05) is 0 Å². The topological polar surface area (TPSA) is 50.7 Å². The van der Waals surface area contributed by atoms with Crippen LogP contribution in [0, 0.1) is 0 Å². The van der Waals surface area contributed by atoms with Crippen molar-refractivity contribution in [2.45, 2.75) is 38.9 Å². The maximum atomic E-state index is 11.3. The number of carbonyl (C=O) groups is 1. The van der Waals surface area contributed by atoms with Gasteiger partial charge in [0, 0.05) is 0 Å². The Hall–Kier alpha value is -0.900. The van der Waals surface area contributed by atoms with Crippen LogP contribution in [0.15, 0.2) is 4.99 Å². The van der Waals surface area contributed by atoms with E-state index in [1.165, 1.54) is 7.11 Å². The van der Waals surface area contributed by atoms with E-state index in [1.54, 1.807) is 0 Å². The number of hydrogen-bond donors (Lipinski definition) is 1. The van der Waals surface area contributed by atoms with E-state index in [2.05, 4.69) is 15.0 Å². The molecule has 0 bridgehead atoms. The molecule has 0 aliphatic carbocycles. The van der Waals surface area contributed by atoms with Crippen molar-refractivity contribution in [2.75, 3.05) is 7.11 Å². The molecule has 0 aromatic rings. The van der Waals surface area contributed by atoms with E-state index in [0.29, 0.717) is 5.71 Å². The van der Waals surface area contributed by atoms with Gasteiger partial charge in [-0.25, -0.2) is 4.79 Å². The Morgan fingerprint density at radius 2 is 1.92 bits per heavy atom. The predicted molar refractivity (Wildman–Crippen MR) is 50.7 cm³/mol. The maximum absolute atomic E-state index is 11.3. The molecule has 4 nitrogen and oxygen atoms in total. The number of methoxy groups -OCH3 is 1. The van der Waals surface area contributed by atoms with Gasteiger partial charge in [0.2, 0.25) is 0 Å². The number of nitrogens with zero attached hydrogens (tertiary/aromatic N) is 1. The Morgan fingerprint density at radius 3 is 2.23 bits per heavy atom. The lowest BCUT2D eigenvalue weighted by molar-refractivity contribution is -0.133. The molecule has 0 spiro atoms. The third-order valence-electron chi connectivity index (χ3n) is 1.98. The summed E-state index contributed by atoms with van der Waals surface area (Å²) < 4.78 is 4.65. The largest absolute Gasteiger partial charge is 0.464 e. The van der Waals surface area contributed by atoms with Crippen LogP contribution >= 0.6 is 0 Å². The SMILES string of the molecule is COC(=O)C1=NC(C)(C)NC1(C)C. The molecule has 0 aromatic heterocycles. The van der Waals surface area contributed by atoms with Crippen LogP contribution in [0.25, 0.3) is 0 Å². The summed E-state index contributed by atoms with van der Waals surface area (Å²) in [7, 11) is 1.37. The fourth-order valence-electron chi connectivity index (χ4n) is 1.67. The molecule has 1 aliphatic heterocycles. The molecular weight excluding hydrogens is 168 g/mol. The molecule has 0 saturated carbocycles. The molecule has 0 aromatic carbocycles. The van der Waals surface area contributed by atoms with E-state index in [9.17, 15) is 4.79 Å². The minimum Gasteiger partial charge on any atom is -0.464 e. The highest BCUT2D eigenvalue weighted by atomic mass is 16.5. The molecule has 0 amide bonds. The van der Waals surface area contributed by atoms with Crippen molar-refractivity contribution in [3.05, 3.63) is 0 Å². The molecule has 74 valence electrons. The number of aliphatic imine (C=N–C) groups is 1. The first-order valence-electron chi connectivity index (χ1n) is 4.26. The van der Waals surface area contributed by atoms with Crippen LogP contribution in [-0.2, 0) is 9.53 Å². The van der Waals surface area contributed by atoms with Gasteiger partial charge in [-0.15, -0.1) is 0 Å². The van der Waals surface area contributed by atoms with Gasteiger partial charge in [-0.05, 0) is 27.7 Å². The Labute approximate surface area is 78.4 Å². The van der Waals surface area contributed by atoms with Crippen molar-refractivity contribution in [2.24, 2.45) is 4.99 Å². The summed E-state index contributed by atoms with van der Waals surface area (Å²) in [6, 6.07) is 0. The van der Waals surface area contributed by atoms with Crippen LogP contribution in [0.3, 0.4) is 0 Å². The van der Waals surface area contributed by atoms with Crippen LogP contribution in [0.1, 0.15) is 27.7 Å². The Kier molecular flexibility index (Phi) is 2.20. The number of rotatable bonds is 1. The fraction of sp³-hybridized carbons (Fsp3) is 0.778. The van der Waals surface area contributed by atoms with Crippen molar-refractivity contribution in [1.29, 1.82) is 0 Å². The Balaban J connectivity index is 3.00. The molecular formula is C9H16N2O2. The first-order valence-corrected chi connectivity index (χ1v) is 4.26. The number of hydrogen-bond acceptors (Lipinski definition) is 4. The summed E-state index contributed by atoms with van der Waals surface area (Å²) in [4.78, 5) is 15.6. The van der Waals surface area contributed by atoms with Gasteiger partial charge in [0.05, 0.1) is 12.6 Å². The molecule has 0 radical (unpaired) electrons. The van der Waals surface area contributed by atoms with Crippen molar-refractivity contribution in [1.82, 2.24) is 5.32 Å². The number of esters is 1. The number of carbonyl (C=O) groups excluding carboxylic acids is 1. The van der Waals surface area contributed by atoms with Gasteiger partial charge in [-0.3, -0.25) is 10.3 Å². The van der Waals surface area contributed by atoms with Crippen LogP contribution < -0.4 is 5.32 Å². The van der Waals surface area contributed by atoms with Gasteiger partial charge in [0.15, 0.2) is 0 Å². The molecule has 0 atom stereocenters. The third-order valence-corrected chi connectivity index (χ3v) is 1.98. The zero-order valence-electron chi connectivity index (χ0n) is 8.76. The molecule has 1 N–H and O–H groups in total. The van der Waals surface area contributed by atoms with E-state index >= 15 is 0 Å². The lowest BCUT2D eigenvalue weighted by Gasteiger charge is -2.24. The Morgan fingerprint density at radius 1 is 1.38 bits per heavy atom. The first kappa shape index (κ1) is 10.2. The van der Waals surface area contributed by atoms with Crippen molar-refractivity contribution >= 4 is 11.7 Å². The van der Waals surface area contributed by atoms with Crippen molar-refractivity contribution in [3.8, 4) is 0 Å². The van der Waals surface area contributed by atoms with Crippen LogP contribution in [-0.4, -0.2) is 30.0 Å². The number of nitrogens with one attached hydrogen (secondary N) is 1. The minimum absolute atomic E-state index is 0.358. The zero-order valence-corrected chi connectivity index (χ0v) is 8.76. The van der Waals surface area contributed by atoms with E-state index in [-0.39, 0.29) is 11.6 Å². The third kappa shape index (κ3) is 1.88. The normalized spacial score (nSPS) is 23.9. The van der Waals surface area contributed by atoms with Crippen LogP contribution in [0.4, 0.5) is 0 Å². The molecule has 1 rings (SSSR count). The van der Waals surface area contributed by atoms with E-state index in [4.69, 9.17) is 0 Å². The standard InChI is InChI=1S/C9H16N2O2/c1-8(2)6(7(12)13-5)10-9(3,4)11-8/h11H,1-5H3. The Bertz CT molecular complexity index is 267. The fourth-order valence-corrected chi connectivity index (χ4v) is 1.67. The van der Waals surface area contributed by atoms with Crippen molar-refractivity contribution < 1.29 is 9.53 Å². The lowest BCUT2D eigenvalue weighted by Crippen LogP contribution is -2.50. The highest BCUT2D eigenvalue weighted by Crippen LogP contribution is 2.23. The summed E-state index contributed by atoms with van der Waals surface area (Å²) >= 11 is 0. The number of ether oxygens (including phenoxy) is 1. The molecule has 1 heterocycles. The molecule has 13 heavy (non-hydrogen) atoms. The summed E-state index contributed by atoms with van der Waals surface area (Å²) in [5.41, 5.74) is -0.330. The monoisotopic (exact) mass is 184 g/mol. The second-order valence-electron chi connectivity index (χ2n) is 4.26. The summed E-state index contributed by atoms with van der Waals surface area (Å²) in [6.07, 6.45) is 0. The second kappa shape index (κ2) is 2.80. The van der Waals surface area contributed by atoms with E-state index in [1.807, 2.05) is 27.7 Å². The minimum atomic E-state index is -0.406. The maximum Gasteiger partial charge on any atom is 0.353 e. The average Bonchev–Trinajstić information content (AvgIpc) is 2.17. The van der Waals surface area contributed by atoms with E-state index < -0.39 is 5.54 Å². The smallest absolute Gasteiger partial charge is 0.353 e. The van der Waals surface area contributed by atoms with Crippen LogP contribution in [0.5, 0.6) is 0 Å². The molecule has 1 aliphatic rings. The summed E-state index contributed by atoms with van der Waals surface area (Å²) in [6.45, 7) is 7.67. The molecule has 4 heteroatoms. The second-order valence-corrected chi connectivity index (χ2v) is 4.26. The van der Waals surface area contributed by atoms with Gasteiger partial charge in [0.25, 0.3) is 0 Å². The quantitative estimate of drug-likeness (QED) is 0.611. The summed E-state index contributed by atoms with van der Waals surface area (Å²) in [5.74, 6) is -0.358.